The number of aryl methyl sites for hydroxylation is 1. The largest absolute Gasteiger partial charge is 0.451 e. The van der Waals surface area contributed by atoms with Gasteiger partial charge in [0.05, 0.1) is 5.69 Å². The molecule has 0 aliphatic carbocycles. The molecule has 0 N–H and O–H groups in total. The van der Waals surface area contributed by atoms with Crippen LogP contribution >= 0.6 is 0 Å². The molecule has 0 radical (unpaired) electrons. The minimum absolute atomic E-state index is 0.0930. The van der Waals surface area contributed by atoms with Gasteiger partial charge >= 0.3 is 6.18 Å². The molecule has 0 aliphatic rings. The van der Waals surface area contributed by atoms with Crippen molar-refractivity contribution in [3.8, 4) is 5.82 Å². The summed E-state index contributed by atoms with van der Waals surface area (Å²) in [5.41, 5.74) is 0.701. The van der Waals surface area contributed by atoms with Gasteiger partial charge in [0.1, 0.15) is 0 Å². The van der Waals surface area contributed by atoms with E-state index in [-0.39, 0.29) is 5.82 Å². The van der Waals surface area contributed by atoms with Gasteiger partial charge < -0.3 is 0 Å². The van der Waals surface area contributed by atoms with Gasteiger partial charge in [0, 0.05) is 18.5 Å². The number of halogens is 3. The average Bonchev–Trinajstić information content (AvgIpc) is 2.64. The van der Waals surface area contributed by atoms with Crippen molar-refractivity contribution in [2.24, 2.45) is 0 Å². The number of alkyl halides is 3. The average molecular weight is 228 g/mol. The van der Waals surface area contributed by atoms with E-state index in [1.807, 2.05) is 0 Å². The van der Waals surface area contributed by atoms with Crippen molar-refractivity contribution in [2.45, 2.75) is 13.1 Å². The third kappa shape index (κ3) is 2.02. The molecule has 7 heteroatoms. The summed E-state index contributed by atoms with van der Waals surface area (Å²) >= 11 is 0. The van der Waals surface area contributed by atoms with Crippen molar-refractivity contribution >= 4 is 0 Å². The van der Waals surface area contributed by atoms with Gasteiger partial charge in [0.25, 0.3) is 0 Å². The van der Waals surface area contributed by atoms with Crippen molar-refractivity contribution in [1.82, 2.24) is 19.7 Å². The molecule has 0 atom stereocenters. The Bertz CT molecular complexity index is 503. The fraction of sp³-hybridized carbons (Fsp3) is 0.222. The van der Waals surface area contributed by atoms with Crippen LogP contribution < -0.4 is 0 Å². The summed E-state index contributed by atoms with van der Waals surface area (Å²) in [4.78, 5) is 6.56. The Morgan fingerprint density at radius 1 is 1.25 bits per heavy atom. The van der Waals surface area contributed by atoms with Gasteiger partial charge in [0.2, 0.25) is 5.82 Å². The summed E-state index contributed by atoms with van der Waals surface area (Å²) in [7, 11) is 0. The highest BCUT2D eigenvalue weighted by atomic mass is 19.4. The lowest BCUT2D eigenvalue weighted by atomic mass is 10.5. The Balaban J connectivity index is 2.44. The van der Waals surface area contributed by atoms with Gasteiger partial charge in [0.15, 0.2) is 5.82 Å². The molecule has 2 heterocycles. The first kappa shape index (κ1) is 10.6. The zero-order chi connectivity index (χ0) is 11.8. The summed E-state index contributed by atoms with van der Waals surface area (Å²) < 4.78 is 38.3. The monoisotopic (exact) mass is 228 g/mol. The lowest BCUT2D eigenvalue weighted by molar-refractivity contribution is -0.145. The van der Waals surface area contributed by atoms with Crippen LogP contribution in [0.1, 0.15) is 11.5 Å². The van der Waals surface area contributed by atoms with E-state index in [4.69, 9.17) is 0 Å². The lowest BCUT2D eigenvalue weighted by Crippen LogP contribution is -2.12. The predicted octanol–water partition coefficient (Wildman–Crippen LogP) is 1.99. The van der Waals surface area contributed by atoms with E-state index in [1.165, 1.54) is 16.9 Å². The Labute approximate surface area is 88.8 Å². The number of nitrogens with zero attached hydrogens (tertiary/aromatic N) is 4. The quantitative estimate of drug-likeness (QED) is 0.749. The van der Waals surface area contributed by atoms with Crippen molar-refractivity contribution in [2.75, 3.05) is 0 Å². The summed E-state index contributed by atoms with van der Waals surface area (Å²) in [6, 6.07) is 3.04. The van der Waals surface area contributed by atoms with Gasteiger partial charge in [-0.1, -0.05) is 0 Å². The minimum Gasteiger partial charge on any atom is -0.233 e. The van der Waals surface area contributed by atoms with Crippen LogP contribution in [0.15, 0.2) is 24.5 Å². The van der Waals surface area contributed by atoms with E-state index in [0.29, 0.717) is 5.69 Å². The molecule has 2 aromatic heterocycles. The Morgan fingerprint density at radius 2 is 2.00 bits per heavy atom. The normalized spacial score (nSPS) is 11.8. The third-order valence-electron chi connectivity index (χ3n) is 1.85. The maximum Gasteiger partial charge on any atom is 0.451 e. The summed E-state index contributed by atoms with van der Waals surface area (Å²) in [5.74, 6) is -1.08. The topological polar surface area (TPSA) is 43.6 Å². The standard InChI is InChI=1S/C9H7F3N4/c1-6-3-5-16(15-6)7-2-4-13-8(14-7)9(10,11)12/h2-5H,1H3. The number of rotatable bonds is 1. The zero-order valence-electron chi connectivity index (χ0n) is 8.23. The van der Waals surface area contributed by atoms with Crippen LogP contribution in [-0.4, -0.2) is 19.7 Å². The molecule has 2 aromatic rings. The smallest absolute Gasteiger partial charge is 0.233 e. The second-order valence-electron chi connectivity index (χ2n) is 3.14. The fourth-order valence-electron chi connectivity index (χ4n) is 1.16. The van der Waals surface area contributed by atoms with Crippen molar-refractivity contribution in [3.63, 3.8) is 0 Å². The molecular formula is C9H7F3N4. The van der Waals surface area contributed by atoms with E-state index < -0.39 is 12.0 Å². The van der Waals surface area contributed by atoms with Gasteiger partial charge in [-0.15, -0.1) is 0 Å². The van der Waals surface area contributed by atoms with Gasteiger partial charge in [-0.05, 0) is 13.0 Å². The first-order valence-corrected chi connectivity index (χ1v) is 4.40. The number of hydrogen-bond acceptors (Lipinski definition) is 3. The predicted molar refractivity (Wildman–Crippen MR) is 48.9 cm³/mol. The molecule has 0 amide bonds. The highest BCUT2D eigenvalue weighted by molar-refractivity contribution is 5.21. The van der Waals surface area contributed by atoms with E-state index in [2.05, 4.69) is 15.1 Å². The van der Waals surface area contributed by atoms with E-state index in [1.54, 1.807) is 13.0 Å². The second-order valence-corrected chi connectivity index (χ2v) is 3.14. The molecule has 4 nitrogen and oxygen atoms in total. The Morgan fingerprint density at radius 3 is 2.56 bits per heavy atom. The molecule has 0 unspecified atom stereocenters. The number of hydrogen-bond donors (Lipinski definition) is 0. The second kappa shape index (κ2) is 3.58. The molecule has 0 spiro atoms. The van der Waals surface area contributed by atoms with Gasteiger partial charge in [-0.2, -0.15) is 18.3 Å². The molecule has 0 aromatic carbocycles. The van der Waals surface area contributed by atoms with Crippen LogP contribution in [0.2, 0.25) is 0 Å². The maximum absolute atomic E-state index is 12.3. The summed E-state index contributed by atoms with van der Waals surface area (Å²) in [5, 5.41) is 3.96. The maximum atomic E-state index is 12.3. The third-order valence-corrected chi connectivity index (χ3v) is 1.85. The molecule has 0 saturated carbocycles. The van der Waals surface area contributed by atoms with Gasteiger partial charge in [-0.25, -0.2) is 14.6 Å². The van der Waals surface area contributed by atoms with E-state index >= 15 is 0 Å². The van der Waals surface area contributed by atoms with Crippen molar-refractivity contribution in [1.29, 1.82) is 0 Å². The molecule has 0 bridgehead atoms. The molecule has 84 valence electrons. The van der Waals surface area contributed by atoms with Crippen LogP contribution in [0.4, 0.5) is 13.2 Å². The fourth-order valence-corrected chi connectivity index (χ4v) is 1.16. The van der Waals surface area contributed by atoms with Crippen LogP contribution in [0.5, 0.6) is 0 Å². The van der Waals surface area contributed by atoms with E-state index in [9.17, 15) is 13.2 Å². The molecular weight excluding hydrogens is 221 g/mol. The molecule has 2 rings (SSSR count). The highest BCUT2D eigenvalue weighted by Gasteiger charge is 2.34. The number of aromatic nitrogens is 4. The van der Waals surface area contributed by atoms with Crippen LogP contribution in [0.25, 0.3) is 5.82 Å². The van der Waals surface area contributed by atoms with Crippen molar-refractivity contribution in [3.05, 3.63) is 36.0 Å². The van der Waals surface area contributed by atoms with Crippen molar-refractivity contribution < 1.29 is 13.2 Å². The molecule has 0 aliphatic heterocycles. The lowest BCUT2D eigenvalue weighted by Gasteiger charge is -2.06. The highest BCUT2D eigenvalue weighted by Crippen LogP contribution is 2.25. The minimum atomic E-state index is -4.54. The zero-order valence-corrected chi connectivity index (χ0v) is 8.23. The molecule has 16 heavy (non-hydrogen) atoms. The summed E-state index contributed by atoms with van der Waals surface area (Å²) in [6.45, 7) is 1.74. The van der Waals surface area contributed by atoms with Gasteiger partial charge in [-0.3, -0.25) is 0 Å². The summed E-state index contributed by atoms with van der Waals surface area (Å²) in [6.07, 6.45) is -1.95. The van der Waals surface area contributed by atoms with Crippen LogP contribution in [0, 0.1) is 6.92 Å². The molecule has 0 fully saturated rings. The Kier molecular flexibility index (Phi) is 2.37. The first-order valence-electron chi connectivity index (χ1n) is 4.40. The first-order chi connectivity index (χ1) is 7.47. The van der Waals surface area contributed by atoms with E-state index in [0.717, 1.165) is 6.20 Å². The molecule has 0 saturated heterocycles. The van der Waals surface area contributed by atoms with Crippen LogP contribution in [0.3, 0.4) is 0 Å². The SMILES string of the molecule is Cc1ccn(-c2ccnc(C(F)(F)F)n2)n1. The van der Waals surface area contributed by atoms with Crippen LogP contribution in [-0.2, 0) is 6.18 Å². The Hall–Kier alpha value is -1.92.